The molecule has 2 aliphatic rings. The number of benzene rings is 2. The van der Waals surface area contributed by atoms with Crippen molar-refractivity contribution < 1.29 is 19.0 Å². The highest BCUT2D eigenvalue weighted by molar-refractivity contribution is 5.79. The Morgan fingerprint density at radius 3 is 2.37 bits per heavy atom. The molecule has 0 aliphatic carbocycles. The molecule has 1 saturated heterocycles. The first kappa shape index (κ1) is 17.5. The van der Waals surface area contributed by atoms with Crippen LogP contribution in [0.2, 0.25) is 0 Å². The molecule has 6 heteroatoms. The van der Waals surface area contributed by atoms with Crippen molar-refractivity contribution in [3.8, 4) is 17.2 Å². The van der Waals surface area contributed by atoms with Crippen LogP contribution in [-0.4, -0.2) is 57.3 Å². The van der Waals surface area contributed by atoms with Gasteiger partial charge in [0.2, 0.25) is 5.91 Å². The normalized spacial score (nSPS) is 16.2. The summed E-state index contributed by atoms with van der Waals surface area (Å²) in [6.07, 6.45) is 0.425. The lowest BCUT2D eigenvalue weighted by Gasteiger charge is -2.36. The number of amides is 1. The van der Waals surface area contributed by atoms with Crippen molar-refractivity contribution in [2.75, 3.05) is 51.4 Å². The highest BCUT2D eigenvalue weighted by Gasteiger charge is 2.22. The van der Waals surface area contributed by atoms with Crippen molar-refractivity contribution in [3.05, 3.63) is 48.0 Å². The van der Waals surface area contributed by atoms with Gasteiger partial charge in [0.25, 0.3) is 0 Å². The number of anilines is 1. The number of rotatable bonds is 4. The van der Waals surface area contributed by atoms with E-state index in [1.807, 2.05) is 41.3 Å². The maximum Gasteiger partial charge on any atom is 0.227 e. The van der Waals surface area contributed by atoms with E-state index in [0.717, 1.165) is 54.7 Å². The minimum atomic E-state index is 0.169. The van der Waals surface area contributed by atoms with E-state index in [2.05, 4.69) is 11.0 Å². The Bertz CT molecular complexity index is 798. The predicted molar refractivity (Wildman–Crippen MR) is 103 cm³/mol. The van der Waals surface area contributed by atoms with E-state index in [1.165, 1.54) is 0 Å². The van der Waals surface area contributed by atoms with Crippen molar-refractivity contribution in [1.82, 2.24) is 4.90 Å². The summed E-state index contributed by atoms with van der Waals surface area (Å²) in [4.78, 5) is 16.8. The van der Waals surface area contributed by atoms with E-state index in [-0.39, 0.29) is 5.91 Å². The van der Waals surface area contributed by atoms with Gasteiger partial charge in [0.05, 0.1) is 13.5 Å². The number of nitrogens with zero attached hydrogens (tertiary/aromatic N) is 2. The van der Waals surface area contributed by atoms with E-state index in [9.17, 15) is 4.79 Å². The number of hydrogen-bond acceptors (Lipinski definition) is 5. The Morgan fingerprint density at radius 1 is 0.963 bits per heavy atom. The van der Waals surface area contributed by atoms with E-state index >= 15 is 0 Å². The maximum absolute atomic E-state index is 12.6. The van der Waals surface area contributed by atoms with Gasteiger partial charge >= 0.3 is 0 Å². The number of fused-ring (bicyclic) bond motifs is 1. The average molecular weight is 368 g/mol. The fourth-order valence-corrected chi connectivity index (χ4v) is 3.47. The molecule has 1 fully saturated rings. The molecular formula is C21H24N2O4. The third-order valence-corrected chi connectivity index (χ3v) is 5.04. The van der Waals surface area contributed by atoms with Gasteiger partial charge in [0, 0.05) is 37.9 Å². The SMILES string of the molecule is COc1ccc(CC(=O)N2CCN(c3ccc4c(c3)OCCO4)CC2)cc1. The Morgan fingerprint density at radius 2 is 1.67 bits per heavy atom. The first-order valence-corrected chi connectivity index (χ1v) is 9.28. The van der Waals surface area contributed by atoms with Crippen LogP contribution in [0.1, 0.15) is 5.56 Å². The Labute approximate surface area is 159 Å². The number of piperazine rings is 1. The molecule has 2 aliphatic heterocycles. The highest BCUT2D eigenvalue weighted by Crippen LogP contribution is 2.34. The number of ether oxygens (including phenoxy) is 3. The molecule has 0 unspecified atom stereocenters. The standard InChI is InChI=1S/C21H24N2O4/c1-25-18-5-2-16(3-6-18)14-21(24)23-10-8-22(9-11-23)17-4-7-19-20(15-17)27-13-12-26-19/h2-7,15H,8-14H2,1H3. The number of hydrogen-bond donors (Lipinski definition) is 0. The number of carbonyl (C=O) groups excluding carboxylic acids is 1. The number of methoxy groups -OCH3 is 1. The molecule has 0 saturated carbocycles. The molecule has 2 heterocycles. The van der Waals surface area contributed by atoms with Gasteiger partial charge in [-0.25, -0.2) is 0 Å². The molecule has 6 nitrogen and oxygen atoms in total. The number of carbonyl (C=O) groups is 1. The second-order valence-electron chi connectivity index (χ2n) is 6.72. The van der Waals surface area contributed by atoms with Crippen LogP contribution in [0.25, 0.3) is 0 Å². The largest absolute Gasteiger partial charge is 0.497 e. The summed E-state index contributed by atoms with van der Waals surface area (Å²) in [7, 11) is 1.64. The van der Waals surface area contributed by atoms with Crippen LogP contribution in [0, 0.1) is 0 Å². The van der Waals surface area contributed by atoms with Gasteiger partial charge in [-0.1, -0.05) is 12.1 Å². The van der Waals surface area contributed by atoms with Crippen LogP contribution in [0.4, 0.5) is 5.69 Å². The molecular weight excluding hydrogens is 344 g/mol. The van der Waals surface area contributed by atoms with Gasteiger partial charge in [-0.3, -0.25) is 4.79 Å². The van der Waals surface area contributed by atoms with Crippen molar-refractivity contribution in [1.29, 1.82) is 0 Å². The fourth-order valence-electron chi connectivity index (χ4n) is 3.47. The van der Waals surface area contributed by atoms with E-state index in [4.69, 9.17) is 14.2 Å². The van der Waals surface area contributed by atoms with Crippen LogP contribution < -0.4 is 19.1 Å². The molecule has 1 amide bonds. The molecule has 0 radical (unpaired) electrons. The van der Waals surface area contributed by atoms with Gasteiger partial charge in [-0.2, -0.15) is 0 Å². The van der Waals surface area contributed by atoms with Crippen LogP contribution >= 0.6 is 0 Å². The molecule has 0 aromatic heterocycles. The second kappa shape index (κ2) is 7.78. The van der Waals surface area contributed by atoms with Gasteiger partial charge < -0.3 is 24.0 Å². The average Bonchev–Trinajstić information content (AvgIpc) is 2.74. The molecule has 0 bridgehead atoms. The lowest BCUT2D eigenvalue weighted by molar-refractivity contribution is -0.130. The summed E-state index contributed by atoms with van der Waals surface area (Å²) in [6.45, 7) is 4.26. The van der Waals surface area contributed by atoms with Crippen LogP contribution in [-0.2, 0) is 11.2 Å². The minimum absolute atomic E-state index is 0.169. The van der Waals surface area contributed by atoms with E-state index in [1.54, 1.807) is 7.11 Å². The van der Waals surface area contributed by atoms with Crippen LogP contribution in [0.5, 0.6) is 17.2 Å². The Kier molecular flexibility index (Phi) is 5.05. The second-order valence-corrected chi connectivity index (χ2v) is 6.72. The first-order chi connectivity index (χ1) is 13.2. The highest BCUT2D eigenvalue weighted by atomic mass is 16.6. The zero-order valence-electron chi connectivity index (χ0n) is 15.5. The summed E-state index contributed by atoms with van der Waals surface area (Å²) < 4.78 is 16.4. The quantitative estimate of drug-likeness (QED) is 0.829. The zero-order chi connectivity index (χ0) is 18.6. The summed E-state index contributed by atoms with van der Waals surface area (Å²) in [5.41, 5.74) is 2.12. The smallest absolute Gasteiger partial charge is 0.227 e. The van der Waals surface area contributed by atoms with Gasteiger partial charge in [-0.05, 0) is 29.8 Å². The molecule has 27 heavy (non-hydrogen) atoms. The first-order valence-electron chi connectivity index (χ1n) is 9.28. The topological polar surface area (TPSA) is 51.2 Å². The summed E-state index contributed by atoms with van der Waals surface area (Å²) in [6, 6.07) is 13.7. The van der Waals surface area contributed by atoms with Crippen molar-refractivity contribution in [2.45, 2.75) is 6.42 Å². The molecule has 0 N–H and O–H groups in total. The lowest BCUT2D eigenvalue weighted by atomic mass is 10.1. The van der Waals surface area contributed by atoms with Gasteiger partial charge in [0.1, 0.15) is 19.0 Å². The zero-order valence-corrected chi connectivity index (χ0v) is 15.5. The van der Waals surface area contributed by atoms with E-state index < -0.39 is 0 Å². The van der Waals surface area contributed by atoms with Crippen LogP contribution in [0.3, 0.4) is 0 Å². The summed E-state index contributed by atoms with van der Waals surface area (Å²) in [5.74, 6) is 2.58. The molecule has 2 aromatic rings. The monoisotopic (exact) mass is 368 g/mol. The summed E-state index contributed by atoms with van der Waals surface area (Å²) in [5, 5.41) is 0. The third kappa shape index (κ3) is 3.94. The maximum atomic E-state index is 12.6. The lowest BCUT2D eigenvalue weighted by Crippen LogP contribution is -2.49. The molecule has 2 aromatic carbocycles. The van der Waals surface area contributed by atoms with Gasteiger partial charge in [-0.15, -0.1) is 0 Å². The predicted octanol–water partition coefficient (Wildman–Crippen LogP) is 2.36. The van der Waals surface area contributed by atoms with Crippen LogP contribution in [0.15, 0.2) is 42.5 Å². The van der Waals surface area contributed by atoms with Crippen molar-refractivity contribution in [2.24, 2.45) is 0 Å². The summed E-state index contributed by atoms with van der Waals surface area (Å²) >= 11 is 0. The van der Waals surface area contributed by atoms with Crippen molar-refractivity contribution >= 4 is 11.6 Å². The molecule has 0 spiro atoms. The fraction of sp³-hybridized carbons (Fsp3) is 0.381. The van der Waals surface area contributed by atoms with Crippen molar-refractivity contribution in [3.63, 3.8) is 0 Å². The minimum Gasteiger partial charge on any atom is -0.497 e. The third-order valence-electron chi connectivity index (χ3n) is 5.04. The van der Waals surface area contributed by atoms with E-state index in [0.29, 0.717) is 19.6 Å². The molecule has 0 atom stereocenters. The molecule has 4 rings (SSSR count). The Hall–Kier alpha value is -2.89. The van der Waals surface area contributed by atoms with Gasteiger partial charge in [0.15, 0.2) is 11.5 Å². The Balaban J connectivity index is 1.33. The molecule has 142 valence electrons.